The molecule has 20 heavy (non-hydrogen) atoms. The van der Waals surface area contributed by atoms with Gasteiger partial charge in [0.05, 0.1) is 0 Å². The van der Waals surface area contributed by atoms with Gasteiger partial charge in [0, 0.05) is 12.6 Å². The van der Waals surface area contributed by atoms with Crippen molar-refractivity contribution in [3.05, 3.63) is 35.9 Å². The molecule has 1 aliphatic heterocycles. The van der Waals surface area contributed by atoms with E-state index in [0.717, 1.165) is 6.04 Å². The van der Waals surface area contributed by atoms with Gasteiger partial charge in [-0.05, 0) is 63.7 Å². The molecule has 0 aromatic heterocycles. The van der Waals surface area contributed by atoms with Gasteiger partial charge in [-0.15, -0.1) is 0 Å². The van der Waals surface area contributed by atoms with Crippen LogP contribution in [-0.2, 0) is 6.42 Å². The smallest absolute Gasteiger partial charge is 0.0195 e. The number of hydrogen-bond acceptors (Lipinski definition) is 2. The molecule has 2 heteroatoms. The molecule has 0 radical (unpaired) electrons. The largest absolute Gasteiger partial charge is 0.313 e. The number of rotatable bonds is 8. The number of unbranched alkanes of at least 4 members (excludes halogenated alkanes) is 1. The Morgan fingerprint density at radius 2 is 2.05 bits per heavy atom. The minimum absolute atomic E-state index is 0.734. The van der Waals surface area contributed by atoms with Crippen LogP contribution in [-0.4, -0.2) is 37.1 Å². The van der Waals surface area contributed by atoms with E-state index in [-0.39, 0.29) is 0 Å². The molecule has 112 valence electrons. The van der Waals surface area contributed by atoms with Gasteiger partial charge >= 0.3 is 0 Å². The van der Waals surface area contributed by atoms with Crippen LogP contribution in [0.5, 0.6) is 0 Å². The van der Waals surface area contributed by atoms with E-state index >= 15 is 0 Å². The average molecular weight is 274 g/mol. The van der Waals surface area contributed by atoms with Crippen molar-refractivity contribution in [3.8, 4) is 0 Å². The molecular formula is C18H30N2. The van der Waals surface area contributed by atoms with Crippen LogP contribution in [0.1, 0.15) is 44.6 Å². The molecule has 1 saturated heterocycles. The van der Waals surface area contributed by atoms with Crippen molar-refractivity contribution in [2.45, 2.75) is 51.5 Å². The first-order valence-corrected chi connectivity index (χ1v) is 8.38. The maximum absolute atomic E-state index is 3.68. The van der Waals surface area contributed by atoms with E-state index in [0.29, 0.717) is 0 Å². The third kappa shape index (κ3) is 5.64. The highest BCUT2D eigenvalue weighted by Crippen LogP contribution is 2.12. The number of likely N-dealkylation sites (tertiary alicyclic amines) is 1. The van der Waals surface area contributed by atoms with Gasteiger partial charge in [-0.3, -0.25) is 0 Å². The molecule has 1 fully saturated rings. The van der Waals surface area contributed by atoms with Gasteiger partial charge in [-0.2, -0.15) is 0 Å². The number of benzene rings is 1. The van der Waals surface area contributed by atoms with Crippen molar-refractivity contribution >= 4 is 0 Å². The summed E-state index contributed by atoms with van der Waals surface area (Å²) in [6.45, 7) is 7.25. The molecule has 0 saturated carbocycles. The molecule has 0 amide bonds. The minimum Gasteiger partial charge on any atom is -0.313 e. The van der Waals surface area contributed by atoms with Crippen LogP contribution < -0.4 is 5.32 Å². The Balaban J connectivity index is 1.59. The van der Waals surface area contributed by atoms with Gasteiger partial charge in [0.1, 0.15) is 0 Å². The summed E-state index contributed by atoms with van der Waals surface area (Å²) in [6, 6.07) is 11.6. The third-order valence-electron chi connectivity index (χ3n) is 4.22. The number of nitrogens with one attached hydrogen (secondary N) is 1. The molecular weight excluding hydrogens is 244 g/mol. The number of piperidine rings is 1. The van der Waals surface area contributed by atoms with E-state index in [1.807, 2.05) is 0 Å². The van der Waals surface area contributed by atoms with Gasteiger partial charge in [-0.25, -0.2) is 0 Å². The van der Waals surface area contributed by atoms with Crippen LogP contribution in [0.4, 0.5) is 0 Å². The van der Waals surface area contributed by atoms with Crippen LogP contribution in [0, 0.1) is 0 Å². The van der Waals surface area contributed by atoms with Crippen LogP contribution in [0.25, 0.3) is 0 Å². The molecule has 1 heterocycles. The maximum Gasteiger partial charge on any atom is 0.0195 e. The summed E-state index contributed by atoms with van der Waals surface area (Å²) >= 11 is 0. The lowest BCUT2D eigenvalue weighted by molar-refractivity contribution is 0.188. The van der Waals surface area contributed by atoms with E-state index in [2.05, 4.69) is 47.5 Å². The molecule has 1 unspecified atom stereocenters. The zero-order chi connectivity index (χ0) is 14.0. The van der Waals surface area contributed by atoms with Crippen molar-refractivity contribution in [3.63, 3.8) is 0 Å². The minimum atomic E-state index is 0.734. The highest BCUT2D eigenvalue weighted by atomic mass is 15.2. The Labute approximate surface area is 124 Å². The van der Waals surface area contributed by atoms with E-state index in [1.165, 1.54) is 70.3 Å². The first-order valence-electron chi connectivity index (χ1n) is 8.38. The monoisotopic (exact) mass is 274 g/mol. The molecule has 2 rings (SSSR count). The Hall–Kier alpha value is -0.860. The van der Waals surface area contributed by atoms with E-state index in [1.54, 1.807) is 0 Å². The van der Waals surface area contributed by atoms with E-state index in [9.17, 15) is 0 Å². The summed E-state index contributed by atoms with van der Waals surface area (Å²) in [5.74, 6) is 0. The molecule has 1 aromatic carbocycles. The molecule has 1 aromatic rings. The lowest BCUT2D eigenvalue weighted by Crippen LogP contribution is -2.46. The lowest BCUT2D eigenvalue weighted by Gasteiger charge is -2.33. The zero-order valence-electron chi connectivity index (χ0n) is 13.0. The average Bonchev–Trinajstić information content (AvgIpc) is 2.51. The summed E-state index contributed by atoms with van der Waals surface area (Å²) in [7, 11) is 0. The summed E-state index contributed by atoms with van der Waals surface area (Å²) in [5.41, 5.74) is 1.48. The molecule has 0 spiro atoms. The first kappa shape index (κ1) is 15.5. The predicted molar refractivity (Wildman–Crippen MR) is 87.1 cm³/mol. The van der Waals surface area contributed by atoms with E-state index < -0.39 is 0 Å². The third-order valence-corrected chi connectivity index (χ3v) is 4.22. The molecule has 1 atom stereocenters. The summed E-state index contributed by atoms with van der Waals surface area (Å²) in [6.07, 6.45) is 7.84. The number of aryl methyl sites for hydroxylation is 1. The Morgan fingerprint density at radius 3 is 2.85 bits per heavy atom. The second kappa shape index (κ2) is 9.15. The quantitative estimate of drug-likeness (QED) is 0.730. The summed E-state index contributed by atoms with van der Waals surface area (Å²) in [4.78, 5) is 2.65. The zero-order valence-corrected chi connectivity index (χ0v) is 13.0. The fourth-order valence-corrected chi connectivity index (χ4v) is 3.08. The maximum atomic E-state index is 3.68. The van der Waals surface area contributed by atoms with Crippen LogP contribution >= 0.6 is 0 Å². The van der Waals surface area contributed by atoms with Gasteiger partial charge in [0.2, 0.25) is 0 Å². The Kier molecular flexibility index (Phi) is 7.10. The SMILES string of the molecule is CCCNC1CCCN(CCCCc2ccccc2)C1. The highest BCUT2D eigenvalue weighted by Gasteiger charge is 2.18. The Morgan fingerprint density at radius 1 is 1.20 bits per heavy atom. The van der Waals surface area contributed by atoms with E-state index in [4.69, 9.17) is 0 Å². The Bertz CT molecular complexity index is 350. The number of nitrogens with zero attached hydrogens (tertiary/aromatic N) is 1. The van der Waals surface area contributed by atoms with Crippen molar-refractivity contribution in [2.75, 3.05) is 26.2 Å². The van der Waals surface area contributed by atoms with Gasteiger partial charge in [0.25, 0.3) is 0 Å². The normalized spacial score (nSPS) is 20.1. The standard InChI is InChI=1S/C18H30N2/c1-2-13-19-18-12-8-15-20(16-18)14-7-6-11-17-9-4-3-5-10-17/h3-5,9-10,18-19H,2,6-8,11-16H2,1H3. The molecule has 0 bridgehead atoms. The van der Waals surface area contributed by atoms with Gasteiger partial charge < -0.3 is 10.2 Å². The van der Waals surface area contributed by atoms with Crippen LogP contribution in [0.15, 0.2) is 30.3 Å². The van der Waals surface area contributed by atoms with Crippen molar-refractivity contribution in [1.82, 2.24) is 10.2 Å². The molecule has 1 aliphatic rings. The first-order chi connectivity index (χ1) is 9.88. The predicted octanol–water partition coefficient (Wildman–Crippen LogP) is 3.47. The topological polar surface area (TPSA) is 15.3 Å². The second-order valence-corrected chi connectivity index (χ2v) is 6.04. The molecule has 2 nitrogen and oxygen atoms in total. The fourth-order valence-electron chi connectivity index (χ4n) is 3.08. The fraction of sp³-hybridized carbons (Fsp3) is 0.667. The summed E-state index contributed by atoms with van der Waals surface area (Å²) < 4.78 is 0. The van der Waals surface area contributed by atoms with Crippen LogP contribution in [0.3, 0.4) is 0 Å². The van der Waals surface area contributed by atoms with Gasteiger partial charge in [0.15, 0.2) is 0 Å². The lowest BCUT2D eigenvalue weighted by atomic mass is 10.0. The highest BCUT2D eigenvalue weighted by molar-refractivity contribution is 5.14. The van der Waals surface area contributed by atoms with Crippen molar-refractivity contribution < 1.29 is 0 Å². The molecule has 1 N–H and O–H groups in total. The van der Waals surface area contributed by atoms with Gasteiger partial charge in [-0.1, -0.05) is 37.3 Å². The van der Waals surface area contributed by atoms with Crippen LogP contribution in [0.2, 0.25) is 0 Å². The van der Waals surface area contributed by atoms with Crippen molar-refractivity contribution in [2.24, 2.45) is 0 Å². The molecule has 0 aliphatic carbocycles. The van der Waals surface area contributed by atoms with Crippen molar-refractivity contribution in [1.29, 1.82) is 0 Å². The number of hydrogen-bond donors (Lipinski definition) is 1. The second-order valence-electron chi connectivity index (χ2n) is 6.04. The summed E-state index contributed by atoms with van der Waals surface area (Å²) in [5, 5.41) is 3.68.